The summed E-state index contributed by atoms with van der Waals surface area (Å²) < 4.78 is 4.78. The van der Waals surface area contributed by atoms with Crippen LogP contribution in [0, 0.1) is 5.92 Å². The van der Waals surface area contributed by atoms with E-state index < -0.39 is 5.97 Å². The van der Waals surface area contributed by atoms with E-state index in [4.69, 9.17) is 4.74 Å². The van der Waals surface area contributed by atoms with Gasteiger partial charge in [0.2, 0.25) is 0 Å². The van der Waals surface area contributed by atoms with Crippen LogP contribution in [-0.2, 0) is 14.3 Å². The van der Waals surface area contributed by atoms with Crippen molar-refractivity contribution in [2.75, 3.05) is 6.61 Å². The van der Waals surface area contributed by atoms with Gasteiger partial charge in [-0.05, 0) is 32.8 Å². The smallest absolute Gasteiger partial charge is 0.330 e. The molecule has 1 fully saturated rings. The van der Waals surface area contributed by atoms with E-state index in [1.54, 1.807) is 19.1 Å². The highest BCUT2D eigenvalue weighted by Crippen LogP contribution is 2.27. The molecule has 0 radical (unpaired) electrons. The molecular formula is C14H20O3. The third-order valence-electron chi connectivity index (χ3n) is 3.01. The zero-order chi connectivity index (χ0) is 12.7. The molecule has 1 aliphatic carbocycles. The molecule has 1 saturated carbocycles. The van der Waals surface area contributed by atoms with Crippen LogP contribution in [0.5, 0.6) is 0 Å². The maximum Gasteiger partial charge on any atom is 0.330 e. The van der Waals surface area contributed by atoms with Crippen LogP contribution in [0.2, 0.25) is 0 Å². The lowest BCUT2D eigenvalue weighted by atomic mass is 9.96. The molecule has 0 aromatic rings. The summed E-state index contributed by atoms with van der Waals surface area (Å²) in [6.07, 6.45) is 8.87. The topological polar surface area (TPSA) is 43.4 Å². The lowest BCUT2D eigenvalue weighted by Gasteiger charge is -2.07. The van der Waals surface area contributed by atoms with Gasteiger partial charge in [-0.3, -0.25) is 4.79 Å². The number of carbonyl (C=O) groups is 2. The molecule has 0 heterocycles. The van der Waals surface area contributed by atoms with Crippen LogP contribution in [0.3, 0.4) is 0 Å². The summed E-state index contributed by atoms with van der Waals surface area (Å²) in [6, 6.07) is 0. The molecule has 0 bridgehead atoms. The maximum atomic E-state index is 12.1. The zero-order valence-corrected chi connectivity index (χ0v) is 10.6. The average Bonchev–Trinajstić information content (AvgIpc) is 2.83. The van der Waals surface area contributed by atoms with Crippen LogP contribution in [0.4, 0.5) is 0 Å². The van der Waals surface area contributed by atoms with Gasteiger partial charge in [-0.1, -0.05) is 18.9 Å². The Labute approximate surface area is 103 Å². The number of Topliss-reactive ketones (excluding diaryl/α,β-unsaturated/α-hetero) is 1. The monoisotopic (exact) mass is 236 g/mol. The number of ketones is 1. The molecule has 1 aliphatic rings. The van der Waals surface area contributed by atoms with Crippen molar-refractivity contribution in [1.82, 2.24) is 0 Å². The van der Waals surface area contributed by atoms with Gasteiger partial charge in [0.05, 0.1) is 6.61 Å². The summed E-state index contributed by atoms with van der Waals surface area (Å²) >= 11 is 0. The van der Waals surface area contributed by atoms with Gasteiger partial charge >= 0.3 is 5.97 Å². The third kappa shape index (κ3) is 4.17. The van der Waals surface area contributed by atoms with E-state index in [1.165, 1.54) is 6.08 Å². The number of esters is 1. The van der Waals surface area contributed by atoms with Crippen molar-refractivity contribution in [3.8, 4) is 0 Å². The third-order valence-corrected chi connectivity index (χ3v) is 3.01. The van der Waals surface area contributed by atoms with Crippen molar-refractivity contribution in [2.45, 2.75) is 39.5 Å². The first-order chi connectivity index (χ1) is 8.19. The predicted molar refractivity (Wildman–Crippen MR) is 66.5 cm³/mol. The second kappa shape index (κ2) is 7.05. The van der Waals surface area contributed by atoms with Crippen molar-refractivity contribution >= 4 is 11.8 Å². The molecule has 0 N–H and O–H groups in total. The summed E-state index contributed by atoms with van der Waals surface area (Å²) in [5, 5.41) is 0. The first-order valence-electron chi connectivity index (χ1n) is 6.24. The van der Waals surface area contributed by atoms with Crippen LogP contribution < -0.4 is 0 Å². The summed E-state index contributed by atoms with van der Waals surface area (Å²) in [6.45, 7) is 3.93. The molecule has 0 amide bonds. The van der Waals surface area contributed by atoms with Crippen molar-refractivity contribution in [3.63, 3.8) is 0 Å². The highest BCUT2D eigenvalue weighted by molar-refractivity contribution is 6.00. The minimum Gasteiger partial charge on any atom is -0.463 e. The van der Waals surface area contributed by atoms with Gasteiger partial charge in [-0.25, -0.2) is 4.79 Å². The summed E-state index contributed by atoms with van der Waals surface area (Å²) in [5.74, 6) is -0.0929. The molecule has 0 unspecified atom stereocenters. The molecule has 0 aliphatic heterocycles. The van der Waals surface area contributed by atoms with E-state index >= 15 is 0 Å². The quantitative estimate of drug-likeness (QED) is 0.419. The van der Waals surface area contributed by atoms with Gasteiger partial charge in [0.25, 0.3) is 0 Å². The van der Waals surface area contributed by atoms with Crippen LogP contribution in [0.25, 0.3) is 0 Å². The normalized spacial score (nSPS) is 17.6. The summed E-state index contributed by atoms with van der Waals surface area (Å²) in [5.41, 5.74) is 0.616. The van der Waals surface area contributed by atoms with Crippen LogP contribution >= 0.6 is 0 Å². The second-order valence-corrected chi connectivity index (χ2v) is 4.18. The largest absolute Gasteiger partial charge is 0.463 e. The molecule has 0 atom stereocenters. The lowest BCUT2D eigenvalue weighted by molar-refractivity contribution is -0.137. The van der Waals surface area contributed by atoms with Crippen molar-refractivity contribution in [2.24, 2.45) is 5.92 Å². The van der Waals surface area contributed by atoms with Crippen molar-refractivity contribution < 1.29 is 14.3 Å². The SMILES string of the molecule is C/C=C(\C=C\C(=O)OCC)C(=O)C1CCCC1. The van der Waals surface area contributed by atoms with E-state index in [9.17, 15) is 9.59 Å². The van der Waals surface area contributed by atoms with Crippen molar-refractivity contribution in [1.29, 1.82) is 0 Å². The Balaban J connectivity index is 2.59. The molecule has 0 aromatic carbocycles. The number of hydrogen-bond donors (Lipinski definition) is 0. The standard InChI is InChI=1S/C14H20O3/c1-3-11(9-10-13(15)17-4-2)14(16)12-7-5-6-8-12/h3,9-10,12H,4-8H2,1-2H3/b10-9+,11-3+. The fourth-order valence-corrected chi connectivity index (χ4v) is 2.09. The van der Waals surface area contributed by atoms with Crippen LogP contribution in [0.1, 0.15) is 39.5 Å². The number of carbonyl (C=O) groups excluding carboxylic acids is 2. The van der Waals surface area contributed by atoms with Gasteiger partial charge in [0.15, 0.2) is 5.78 Å². The van der Waals surface area contributed by atoms with E-state index in [-0.39, 0.29) is 11.7 Å². The number of allylic oxidation sites excluding steroid dienone is 3. The minimum atomic E-state index is -0.397. The van der Waals surface area contributed by atoms with E-state index in [1.807, 2.05) is 6.92 Å². The minimum absolute atomic E-state index is 0.146. The zero-order valence-electron chi connectivity index (χ0n) is 10.6. The molecule has 3 nitrogen and oxygen atoms in total. The number of ether oxygens (including phenoxy) is 1. The molecule has 0 aromatic heterocycles. The molecule has 3 heteroatoms. The molecule has 0 spiro atoms. The van der Waals surface area contributed by atoms with Gasteiger partial charge in [0, 0.05) is 17.6 Å². The van der Waals surface area contributed by atoms with Crippen LogP contribution in [0.15, 0.2) is 23.8 Å². The Morgan fingerprint density at radius 3 is 2.41 bits per heavy atom. The fourth-order valence-electron chi connectivity index (χ4n) is 2.09. The molecular weight excluding hydrogens is 216 g/mol. The van der Waals surface area contributed by atoms with Gasteiger partial charge in [-0.15, -0.1) is 0 Å². The Kier molecular flexibility index (Phi) is 5.67. The highest BCUT2D eigenvalue weighted by atomic mass is 16.5. The Bertz CT molecular complexity index is 333. The Morgan fingerprint density at radius 2 is 1.88 bits per heavy atom. The van der Waals surface area contributed by atoms with Gasteiger partial charge in [-0.2, -0.15) is 0 Å². The van der Waals surface area contributed by atoms with Gasteiger partial charge in [0.1, 0.15) is 0 Å². The maximum absolute atomic E-state index is 12.1. The first kappa shape index (κ1) is 13.7. The molecule has 1 rings (SSSR count). The van der Waals surface area contributed by atoms with Crippen LogP contribution in [-0.4, -0.2) is 18.4 Å². The Hall–Kier alpha value is -1.38. The summed E-state index contributed by atoms with van der Waals surface area (Å²) in [7, 11) is 0. The Morgan fingerprint density at radius 1 is 1.24 bits per heavy atom. The summed E-state index contributed by atoms with van der Waals surface area (Å²) in [4.78, 5) is 23.2. The number of rotatable bonds is 5. The van der Waals surface area contributed by atoms with E-state index in [0.29, 0.717) is 12.2 Å². The van der Waals surface area contributed by atoms with Gasteiger partial charge < -0.3 is 4.74 Å². The second-order valence-electron chi connectivity index (χ2n) is 4.18. The fraction of sp³-hybridized carbons (Fsp3) is 0.571. The molecule has 94 valence electrons. The first-order valence-corrected chi connectivity index (χ1v) is 6.24. The number of hydrogen-bond acceptors (Lipinski definition) is 3. The predicted octanol–water partition coefficient (Wildman–Crippen LogP) is 2.81. The molecule has 0 saturated heterocycles. The van der Waals surface area contributed by atoms with E-state index in [2.05, 4.69) is 0 Å². The van der Waals surface area contributed by atoms with E-state index in [0.717, 1.165) is 25.7 Å². The molecule has 17 heavy (non-hydrogen) atoms. The average molecular weight is 236 g/mol. The lowest BCUT2D eigenvalue weighted by Crippen LogP contribution is -2.12. The van der Waals surface area contributed by atoms with Crippen molar-refractivity contribution in [3.05, 3.63) is 23.8 Å². The highest BCUT2D eigenvalue weighted by Gasteiger charge is 2.23.